The SMILES string of the molecule is C#CC1CCC(Cn2c(N3CC(C)(O)C3)nc3nc(-c4noc(=O)[nH]4)nc(N[C@H](C)C4CCC4)c32)CC1. The third-order valence-corrected chi connectivity index (χ3v) is 8.33. The molecular formula is C26H34N8O3. The van der Waals surface area contributed by atoms with Crippen LogP contribution in [-0.2, 0) is 6.54 Å². The van der Waals surface area contributed by atoms with Crippen LogP contribution in [0, 0.1) is 30.1 Å². The quantitative estimate of drug-likeness (QED) is 0.413. The molecule has 0 radical (unpaired) electrons. The fraction of sp³-hybridized carbons (Fsp3) is 0.654. The van der Waals surface area contributed by atoms with E-state index in [4.69, 9.17) is 25.9 Å². The summed E-state index contributed by atoms with van der Waals surface area (Å²) in [6.07, 6.45) is 13.5. The minimum atomic E-state index is -0.745. The van der Waals surface area contributed by atoms with E-state index in [1.54, 1.807) is 0 Å². The molecule has 2 aliphatic carbocycles. The number of β-amino-alcohol motifs (C(OH)–C–C–N with tert-alkyl or cyclic N) is 1. The summed E-state index contributed by atoms with van der Waals surface area (Å²) in [6.45, 7) is 5.79. The van der Waals surface area contributed by atoms with Crippen molar-refractivity contribution in [3.8, 4) is 24.0 Å². The topological polar surface area (TPSA) is 138 Å². The van der Waals surface area contributed by atoms with E-state index in [-0.39, 0.29) is 17.7 Å². The van der Waals surface area contributed by atoms with Crippen molar-refractivity contribution in [3.63, 3.8) is 0 Å². The van der Waals surface area contributed by atoms with Crippen molar-refractivity contribution in [1.82, 2.24) is 29.7 Å². The lowest BCUT2D eigenvalue weighted by Gasteiger charge is -2.45. The van der Waals surface area contributed by atoms with Gasteiger partial charge in [-0.25, -0.2) is 14.8 Å². The third kappa shape index (κ3) is 4.59. The van der Waals surface area contributed by atoms with Gasteiger partial charge in [-0.2, -0.15) is 4.98 Å². The molecule has 2 saturated carbocycles. The van der Waals surface area contributed by atoms with Crippen LogP contribution in [0.25, 0.3) is 22.8 Å². The third-order valence-electron chi connectivity index (χ3n) is 8.33. The highest BCUT2D eigenvalue weighted by atomic mass is 16.5. The van der Waals surface area contributed by atoms with Crippen molar-refractivity contribution in [3.05, 3.63) is 10.6 Å². The highest BCUT2D eigenvalue weighted by molar-refractivity contribution is 5.87. The van der Waals surface area contributed by atoms with E-state index in [1.807, 2.05) is 6.92 Å². The zero-order chi connectivity index (χ0) is 25.7. The molecule has 196 valence electrons. The molecule has 3 aromatic heterocycles. The molecule has 11 nitrogen and oxygen atoms in total. The minimum Gasteiger partial charge on any atom is -0.386 e. The largest absolute Gasteiger partial charge is 0.439 e. The summed E-state index contributed by atoms with van der Waals surface area (Å²) in [5.74, 6) is 5.54. The average Bonchev–Trinajstić information content (AvgIpc) is 3.40. The van der Waals surface area contributed by atoms with Crippen molar-refractivity contribution in [1.29, 1.82) is 0 Å². The first-order valence-electron chi connectivity index (χ1n) is 13.3. The number of hydrogen-bond donors (Lipinski definition) is 3. The van der Waals surface area contributed by atoms with Crippen LogP contribution in [-0.4, -0.2) is 59.5 Å². The van der Waals surface area contributed by atoms with Gasteiger partial charge in [0.2, 0.25) is 17.6 Å². The Kier molecular flexibility index (Phi) is 5.94. The van der Waals surface area contributed by atoms with E-state index in [1.165, 1.54) is 19.3 Å². The van der Waals surface area contributed by atoms with Gasteiger partial charge in [-0.15, -0.1) is 12.3 Å². The first-order valence-corrected chi connectivity index (χ1v) is 13.3. The molecule has 4 heterocycles. The Morgan fingerprint density at radius 2 is 1.97 bits per heavy atom. The van der Waals surface area contributed by atoms with Crippen molar-refractivity contribution >= 4 is 22.9 Å². The van der Waals surface area contributed by atoms with Crippen molar-refractivity contribution in [2.45, 2.75) is 77.0 Å². The van der Waals surface area contributed by atoms with Gasteiger partial charge in [-0.05, 0) is 64.2 Å². The molecule has 3 fully saturated rings. The molecule has 0 bridgehead atoms. The number of aromatic amines is 1. The molecule has 1 saturated heterocycles. The van der Waals surface area contributed by atoms with Gasteiger partial charge in [0, 0.05) is 18.5 Å². The maximum absolute atomic E-state index is 11.6. The van der Waals surface area contributed by atoms with Crippen LogP contribution in [0.1, 0.15) is 58.8 Å². The monoisotopic (exact) mass is 506 g/mol. The number of nitrogens with zero attached hydrogens (tertiary/aromatic N) is 6. The Hall–Kier alpha value is -3.39. The lowest BCUT2D eigenvalue weighted by molar-refractivity contribution is 0.0295. The molecule has 0 amide bonds. The molecule has 0 unspecified atom stereocenters. The fourth-order valence-corrected chi connectivity index (χ4v) is 5.93. The highest BCUT2D eigenvalue weighted by Crippen LogP contribution is 2.38. The maximum Gasteiger partial charge on any atom is 0.439 e. The first kappa shape index (κ1) is 24.0. The highest BCUT2D eigenvalue weighted by Gasteiger charge is 2.40. The Morgan fingerprint density at radius 1 is 1.22 bits per heavy atom. The lowest BCUT2D eigenvalue weighted by Crippen LogP contribution is -2.60. The van der Waals surface area contributed by atoms with Crippen LogP contribution < -0.4 is 16.0 Å². The average molecular weight is 507 g/mol. The van der Waals surface area contributed by atoms with Gasteiger partial charge >= 0.3 is 5.76 Å². The molecule has 11 heteroatoms. The summed E-state index contributed by atoms with van der Waals surface area (Å²) in [5.41, 5.74) is 0.613. The van der Waals surface area contributed by atoms with Crippen LogP contribution in [0.5, 0.6) is 0 Å². The molecule has 3 N–H and O–H groups in total. The zero-order valence-electron chi connectivity index (χ0n) is 21.4. The molecule has 37 heavy (non-hydrogen) atoms. The summed E-state index contributed by atoms with van der Waals surface area (Å²) in [6, 6.07) is 0.221. The van der Waals surface area contributed by atoms with Crippen LogP contribution in [0.4, 0.5) is 11.8 Å². The Labute approximate surface area is 215 Å². The van der Waals surface area contributed by atoms with Gasteiger partial charge < -0.3 is 19.9 Å². The Balaban J connectivity index is 1.44. The van der Waals surface area contributed by atoms with E-state index in [0.717, 1.165) is 43.7 Å². The van der Waals surface area contributed by atoms with Crippen LogP contribution >= 0.6 is 0 Å². The zero-order valence-corrected chi connectivity index (χ0v) is 21.4. The van der Waals surface area contributed by atoms with Gasteiger partial charge in [0.15, 0.2) is 11.5 Å². The van der Waals surface area contributed by atoms with Gasteiger partial charge in [0.05, 0.1) is 18.7 Å². The predicted molar refractivity (Wildman–Crippen MR) is 139 cm³/mol. The molecule has 3 aliphatic rings. The number of H-pyrrole nitrogens is 1. The van der Waals surface area contributed by atoms with E-state index < -0.39 is 11.4 Å². The summed E-state index contributed by atoms with van der Waals surface area (Å²) >= 11 is 0. The van der Waals surface area contributed by atoms with E-state index in [9.17, 15) is 9.90 Å². The number of imidazole rings is 1. The van der Waals surface area contributed by atoms with Crippen LogP contribution in [0.2, 0.25) is 0 Å². The number of aliphatic hydroxyl groups is 1. The number of aromatic nitrogens is 6. The molecule has 1 atom stereocenters. The van der Waals surface area contributed by atoms with Crippen LogP contribution in [0.3, 0.4) is 0 Å². The molecule has 6 rings (SSSR count). The molecule has 0 aromatic carbocycles. The molecule has 3 aromatic rings. The van der Waals surface area contributed by atoms with Crippen LogP contribution in [0.15, 0.2) is 9.32 Å². The van der Waals surface area contributed by atoms with E-state index >= 15 is 0 Å². The lowest BCUT2D eigenvalue weighted by atomic mass is 9.80. The van der Waals surface area contributed by atoms with E-state index in [2.05, 4.69) is 37.8 Å². The summed E-state index contributed by atoms with van der Waals surface area (Å²) < 4.78 is 6.93. The fourth-order valence-electron chi connectivity index (χ4n) is 5.93. The smallest absolute Gasteiger partial charge is 0.386 e. The predicted octanol–water partition coefficient (Wildman–Crippen LogP) is 2.78. The minimum absolute atomic E-state index is 0.168. The van der Waals surface area contributed by atoms with Gasteiger partial charge in [0.1, 0.15) is 5.52 Å². The molecular weight excluding hydrogens is 472 g/mol. The normalized spacial score (nSPS) is 24.3. The second-order valence-electron chi connectivity index (χ2n) is 11.4. The maximum atomic E-state index is 11.6. The van der Waals surface area contributed by atoms with Gasteiger partial charge in [-0.3, -0.25) is 9.51 Å². The van der Waals surface area contributed by atoms with Crippen molar-refractivity contribution in [2.75, 3.05) is 23.3 Å². The van der Waals surface area contributed by atoms with Crippen molar-refractivity contribution in [2.24, 2.45) is 17.8 Å². The molecule has 1 aliphatic heterocycles. The summed E-state index contributed by atoms with van der Waals surface area (Å²) in [5, 5.41) is 17.9. The number of nitrogens with one attached hydrogen (secondary N) is 2. The number of terminal acetylenes is 1. The van der Waals surface area contributed by atoms with E-state index in [0.29, 0.717) is 42.3 Å². The number of hydrogen-bond acceptors (Lipinski definition) is 9. The first-order chi connectivity index (χ1) is 17.8. The molecule has 0 spiro atoms. The second-order valence-corrected chi connectivity index (χ2v) is 11.4. The summed E-state index contributed by atoms with van der Waals surface area (Å²) in [7, 11) is 0. The summed E-state index contributed by atoms with van der Waals surface area (Å²) in [4.78, 5) is 30.7. The Morgan fingerprint density at radius 3 is 2.57 bits per heavy atom. The second kappa shape index (κ2) is 9.17. The van der Waals surface area contributed by atoms with Gasteiger partial charge in [0.25, 0.3) is 0 Å². The Bertz CT molecular complexity index is 1380. The number of anilines is 2. The standard InChI is InChI=1S/C26H34N8O3/c1-4-16-8-10-17(11-9-16)12-34-19-20(27-15(2)18-6-5-7-18)28-22(23-31-25(35)37-32-23)29-21(19)30-24(34)33-13-26(3,36)14-33/h1,15-18,36H,5-14H2,2-3H3,(H,27,28,29)(H,31,32,35)/t15-,16?,17?/m1/s1. The number of fused-ring (bicyclic) bond motifs is 1. The van der Waals surface area contributed by atoms with Crippen molar-refractivity contribution < 1.29 is 9.63 Å². The van der Waals surface area contributed by atoms with Gasteiger partial charge in [-0.1, -0.05) is 11.6 Å². The number of rotatable bonds is 7.